The molecular weight excluding hydrogens is 238 g/mol. The molecule has 0 saturated heterocycles. The van der Waals surface area contributed by atoms with Crippen molar-refractivity contribution >= 4 is 22.5 Å². The average Bonchev–Trinajstić information content (AvgIpc) is 2.31. The highest BCUT2D eigenvalue weighted by Gasteiger charge is 2.08. The molecule has 1 heterocycles. The Bertz CT molecular complexity index is 528. The highest BCUT2D eigenvalue weighted by atomic mass is 35.5. The summed E-state index contributed by atoms with van der Waals surface area (Å²) in [5, 5.41) is 1.64. The molecule has 1 aromatic heterocycles. The Morgan fingerprint density at radius 3 is 2.65 bits per heavy atom. The van der Waals surface area contributed by atoms with Gasteiger partial charge < -0.3 is 9.47 Å². The van der Waals surface area contributed by atoms with Gasteiger partial charge in [-0.15, -0.1) is 0 Å². The molecule has 2 rings (SSSR count). The van der Waals surface area contributed by atoms with Gasteiger partial charge in [-0.1, -0.05) is 29.8 Å². The van der Waals surface area contributed by atoms with Crippen LogP contribution < -0.4 is 0 Å². The van der Waals surface area contributed by atoms with Crippen molar-refractivity contribution in [3.63, 3.8) is 0 Å². The van der Waals surface area contributed by atoms with Gasteiger partial charge in [-0.2, -0.15) is 0 Å². The molecule has 4 heteroatoms. The van der Waals surface area contributed by atoms with Crippen LogP contribution in [-0.2, 0) is 22.7 Å². The van der Waals surface area contributed by atoms with Crippen molar-refractivity contribution < 1.29 is 9.47 Å². The third-order valence-electron chi connectivity index (χ3n) is 2.52. The Morgan fingerprint density at radius 1 is 1.18 bits per heavy atom. The Hall–Kier alpha value is -1.16. The summed E-state index contributed by atoms with van der Waals surface area (Å²) < 4.78 is 10.2. The largest absolute Gasteiger partial charge is 0.380 e. The molecule has 0 unspecified atom stereocenters. The third-order valence-corrected chi connectivity index (χ3v) is 2.83. The number of halogens is 1. The first kappa shape index (κ1) is 12.3. The zero-order valence-electron chi connectivity index (χ0n) is 9.87. The van der Waals surface area contributed by atoms with Crippen molar-refractivity contribution in [2.75, 3.05) is 14.2 Å². The van der Waals surface area contributed by atoms with E-state index in [-0.39, 0.29) is 0 Å². The third kappa shape index (κ3) is 2.57. The minimum absolute atomic E-state index is 0.455. The maximum atomic E-state index is 6.23. The van der Waals surface area contributed by atoms with Crippen LogP contribution in [0.1, 0.15) is 11.3 Å². The van der Waals surface area contributed by atoms with E-state index in [9.17, 15) is 0 Å². The molecule has 0 atom stereocenters. The summed E-state index contributed by atoms with van der Waals surface area (Å²) >= 11 is 6.23. The first-order valence-electron chi connectivity index (χ1n) is 5.31. The zero-order valence-corrected chi connectivity index (χ0v) is 10.6. The van der Waals surface area contributed by atoms with E-state index in [2.05, 4.69) is 4.98 Å². The minimum Gasteiger partial charge on any atom is -0.380 e. The maximum absolute atomic E-state index is 6.23. The van der Waals surface area contributed by atoms with Crippen LogP contribution in [0.15, 0.2) is 24.3 Å². The van der Waals surface area contributed by atoms with Gasteiger partial charge in [0.05, 0.1) is 29.4 Å². The van der Waals surface area contributed by atoms with Crippen LogP contribution in [0.4, 0.5) is 0 Å². The minimum atomic E-state index is 0.455. The summed E-state index contributed by atoms with van der Waals surface area (Å²) in [5.74, 6) is 0. The average molecular weight is 252 g/mol. The smallest absolute Gasteiger partial charge is 0.0884 e. The second kappa shape index (κ2) is 5.45. The number of hydrogen-bond acceptors (Lipinski definition) is 3. The summed E-state index contributed by atoms with van der Waals surface area (Å²) in [7, 11) is 3.31. The van der Waals surface area contributed by atoms with Crippen molar-refractivity contribution in [1.82, 2.24) is 4.98 Å². The molecule has 0 amide bonds. The fourth-order valence-electron chi connectivity index (χ4n) is 1.81. The fraction of sp³-hybridized carbons (Fsp3) is 0.308. The summed E-state index contributed by atoms with van der Waals surface area (Å²) in [5.41, 5.74) is 2.74. The molecule has 0 spiro atoms. The van der Waals surface area contributed by atoms with Gasteiger partial charge in [-0.3, -0.25) is 0 Å². The Balaban J connectivity index is 2.60. The van der Waals surface area contributed by atoms with Crippen molar-refractivity contribution in [1.29, 1.82) is 0 Å². The number of nitrogens with zero attached hydrogens (tertiary/aromatic N) is 1. The summed E-state index contributed by atoms with van der Waals surface area (Å²) in [6, 6.07) is 7.75. The van der Waals surface area contributed by atoms with Gasteiger partial charge in [0.25, 0.3) is 0 Å². The van der Waals surface area contributed by atoms with Gasteiger partial charge in [-0.25, -0.2) is 4.98 Å². The maximum Gasteiger partial charge on any atom is 0.0884 e. The number of rotatable bonds is 4. The van der Waals surface area contributed by atoms with E-state index >= 15 is 0 Å². The lowest BCUT2D eigenvalue weighted by molar-refractivity contribution is 0.181. The van der Waals surface area contributed by atoms with E-state index in [0.29, 0.717) is 18.2 Å². The lowest BCUT2D eigenvalue weighted by atomic mass is 10.1. The Morgan fingerprint density at radius 2 is 1.94 bits per heavy atom. The van der Waals surface area contributed by atoms with Crippen LogP contribution in [0.3, 0.4) is 0 Å². The molecule has 3 nitrogen and oxygen atoms in total. The van der Waals surface area contributed by atoms with Gasteiger partial charge in [-0.05, 0) is 6.07 Å². The predicted molar refractivity (Wildman–Crippen MR) is 68.2 cm³/mol. The quantitative estimate of drug-likeness (QED) is 0.836. The molecule has 17 heavy (non-hydrogen) atoms. The molecule has 0 bridgehead atoms. The molecule has 1 aromatic carbocycles. The van der Waals surface area contributed by atoms with Crippen molar-refractivity contribution in [3.8, 4) is 0 Å². The number of benzene rings is 1. The van der Waals surface area contributed by atoms with Crippen LogP contribution in [0.2, 0.25) is 5.02 Å². The summed E-state index contributed by atoms with van der Waals surface area (Å²) in [6.07, 6.45) is 0. The molecule has 0 radical (unpaired) electrons. The van der Waals surface area contributed by atoms with Crippen molar-refractivity contribution in [3.05, 3.63) is 40.5 Å². The molecule has 90 valence electrons. The van der Waals surface area contributed by atoms with Gasteiger partial charge >= 0.3 is 0 Å². The number of pyridine rings is 1. The van der Waals surface area contributed by atoms with E-state index in [1.165, 1.54) is 0 Å². The molecule has 0 aliphatic carbocycles. The van der Waals surface area contributed by atoms with E-state index in [4.69, 9.17) is 21.1 Å². The number of hydrogen-bond donors (Lipinski definition) is 0. The van der Waals surface area contributed by atoms with Crippen LogP contribution in [0, 0.1) is 0 Å². The fourth-order valence-corrected chi connectivity index (χ4v) is 2.09. The van der Waals surface area contributed by atoms with E-state index < -0.39 is 0 Å². The zero-order chi connectivity index (χ0) is 12.3. The number of para-hydroxylation sites is 1. The monoisotopic (exact) mass is 251 g/mol. The van der Waals surface area contributed by atoms with Crippen LogP contribution in [0.25, 0.3) is 10.9 Å². The standard InChI is InChI=1S/C13H14ClNO2/c1-16-7-9-4-3-5-11-12(14)6-10(8-17-2)15-13(9)11/h3-6H,7-8H2,1-2H3. The second-order valence-electron chi connectivity index (χ2n) is 3.77. The highest BCUT2D eigenvalue weighted by Crippen LogP contribution is 2.26. The summed E-state index contributed by atoms with van der Waals surface area (Å²) in [4.78, 5) is 4.55. The lowest BCUT2D eigenvalue weighted by Crippen LogP contribution is -1.97. The Labute approximate surface area is 105 Å². The van der Waals surface area contributed by atoms with Crippen LogP contribution in [-0.4, -0.2) is 19.2 Å². The van der Waals surface area contributed by atoms with E-state index in [1.54, 1.807) is 14.2 Å². The number of aromatic nitrogens is 1. The Kier molecular flexibility index (Phi) is 3.94. The summed E-state index contributed by atoms with van der Waals surface area (Å²) in [6.45, 7) is 0.980. The molecule has 0 aliphatic heterocycles. The van der Waals surface area contributed by atoms with Crippen molar-refractivity contribution in [2.24, 2.45) is 0 Å². The van der Waals surface area contributed by atoms with Gasteiger partial charge in [0.1, 0.15) is 0 Å². The number of ether oxygens (including phenoxy) is 2. The second-order valence-corrected chi connectivity index (χ2v) is 4.18. The van der Waals surface area contributed by atoms with Gasteiger partial charge in [0, 0.05) is 25.2 Å². The predicted octanol–water partition coefficient (Wildman–Crippen LogP) is 3.18. The molecule has 0 N–H and O–H groups in total. The van der Waals surface area contributed by atoms with E-state index in [0.717, 1.165) is 22.2 Å². The normalized spacial score (nSPS) is 11.0. The number of fused-ring (bicyclic) bond motifs is 1. The van der Waals surface area contributed by atoms with Gasteiger partial charge in [0.2, 0.25) is 0 Å². The highest BCUT2D eigenvalue weighted by molar-refractivity contribution is 6.35. The molecule has 2 aromatic rings. The molecule has 0 fully saturated rings. The number of methoxy groups -OCH3 is 2. The SMILES string of the molecule is COCc1cc(Cl)c2cccc(COC)c2n1. The first-order chi connectivity index (χ1) is 8.26. The van der Waals surface area contributed by atoms with Crippen molar-refractivity contribution in [2.45, 2.75) is 13.2 Å². The molecular formula is C13H14ClNO2. The van der Waals surface area contributed by atoms with Crippen LogP contribution >= 0.6 is 11.6 Å². The molecule has 0 aliphatic rings. The van der Waals surface area contributed by atoms with Gasteiger partial charge in [0.15, 0.2) is 0 Å². The topological polar surface area (TPSA) is 31.4 Å². The van der Waals surface area contributed by atoms with Crippen LogP contribution in [0.5, 0.6) is 0 Å². The molecule has 0 saturated carbocycles. The first-order valence-corrected chi connectivity index (χ1v) is 5.69. The lowest BCUT2D eigenvalue weighted by Gasteiger charge is -2.08. The van der Waals surface area contributed by atoms with E-state index in [1.807, 2.05) is 24.3 Å².